The van der Waals surface area contributed by atoms with Crippen molar-refractivity contribution in [2.75, 3.05) is 0 Å². The van der Waals surface area contributed by atoms with Gasteiger partial charge in [0.2, 0.25) is 5.25 Å². The van der Waals surface area contributed by atoms with Gasteiger partial charge in [0.15, 0.2) is 0 Å². The van der Waals surface area contributed by atoms with Crippen LogP contribution in [-0.4, -0.2) is 5.25 Å². The van der Waals surface area contributed by atoms with Crippen molar-refractivity contribution in [3.8, 4) is 0 Å². The van der Waals surface area contributed by atoms with E-state index in [-0.39, 0.29) is 0 Å². The van der Waals surface area contributed by atoms with Crippen LogP contribution >= 0.6 is 0 Å². The molecule has 0 spiro atoms. The molecule has 0 bridgehead atoms. The van der Waals surface area contributed by atoms with Crippen LogP contribution < -0.4 is 0 Å². The maximum absolute atomic E-state index is 10.3. The molecule has 0 aromatic carbocycles. The third kappa shape index (κ3) is 4.52. The summed E-state index contributed by atoms with van der Waals surface area (Å²) >= 11 is 0.748. The van der Waals surface area contributed by atoms with Gasteiger partial charge in [0.05, 0.1) is 0 Å². The number of rotatable bonds is 4. The lowest BCUT2D eigenvalue weighted by molar-refractivity contribution is 0.539. The molecular weight excluding hydrogens is 132 g/mol. The summed E-state index contributed by atoms with van der Waals surface area (Å²) in [6, 6.07) is 0. The minimum Gasteiger partial charge on any atom is -0.0626 e. The molecule has 0 aliphatic carbocycles. The molecule has 0 amide bonds. The van der Waals surface area contributed by atoms with Crippen LogP contribution in [0.2, 0.25) is 0 Å². The fourth-order valence-corrected chi connectivity index (χ4v) is 1.40. The van der Waals surface area contributed by atoms with Crippen molar-refractivity contribution in [1.29, 1.82) is 0 Å². The molecule has 0 aliphatic heterocycles. The van der Waals surface area contributed by atoms with Crippen molar-refractivity contribution in [1.82, 2.24) is 0 Å². The standard InChI is InChI=1S/C7H15OS/c1-4-7(9-8)5-6(2)3/h6-7H,4-5H2,1-3H3/q+1. The lowest BCUT2D eigenvalue weighted by Gasteiger charge is -1.99. The van der Waals surface area contributed by atoms with Crippen molar-refractivity contribution in [2.45, 2.75) is 38.9 Å². The second-order valence-electron chi connectivity index (χ2n) is 2.76. The second kappa shape index (κ2) is 4.86. The van der Waals surface area contributed by atoms with Crippen LogP contribution in [0.15, 0.2) is 0 Å². The van der Waals surface area contributed by atoms with Crippen LogP contribution in [0.4, 0.5) is 0 Å². The van der Waals surface area contributed by atoms with E-state index in [2.05, 4.69) is 20.8 Å². The maximum atomic E-state index is 10.3. The average molecular weight is 147 g/mol. The molecule has 54 valence electrons. The summed E-state index contributed by atoms with van der Waals surface area (Å²) in [6.07, 6.45) is 2.07. The summed E-state index contributed by atoms with van der Waals surface area (Å²) in [4.78, 5) is 0. The molecular formula is C7H15OS+. The summed E-state index contributed by atoms with van der Waals surface area (Å²) in [5.41, 5.74) is 0. The minimum atomic E-state index is 0.338. The third-order valence-electron chi connectivity index (χ3n) is 1.33. The average Bonchev–Trinajstić information content (AvgIpc) is 1.82. The first kappa shape index (κ1) is 9.02. The second-order valence-corrected chi connectivity index (χ2v) is 3.62. The molecule has 0 heterocycles. The van der Waals surface area contributed by atoms with Crippen molar-refractivity contribution in [3.63, 3.8) is 0 Å². The van der Waals surface area contributed by atoms with E-state index in [1.165, 1.54) is 0 Å². The molecule has 0 fully saturated rings. The van der Waals surface area contributed by atoms with Crippen molar-refractivity contribution in [3.05, 3.63) is 0 Å². The summed E-state index contributed by atoms with van der Waals surface area (Å²) in [5, 5.41) is 0.338. The minimum absolute atomic E-state index is 0.338. The van der Waals surface area contributed by atoms with Crippen LogP contribution in [0, 0.1) is 5.92 Å². The molecule has 9 heavy (non-hydrogen) atoms. The van der Waals surface area contributed by atoms with Gasteiger partial charge in [0, 0.05) is 17.1 Å². The Morgan fingerprint density at radius 3 is 2.11 bits per heavy atom. The normalized spacial score (nSPS) is 13.8. The molecule has 1 unspecified atom stereocenters. The lowest BCUT2D eigenvalue weighted by atomic mass is 10.1. The highest BCUT2D eigenvalue weighted by Crippen LogP contribution is 2.08. The molecule has 0 saturated heterocycles. The van der Waals surface area contributed by atoms with Gasteiger partial charge in [-0.05, 0) is 5.92 Å². The number of hydrogen-bond donors (Lipinski definition) is 0. The van der Waals surface area contributed by atoms with Gasteiger partial charge >= 0.3 is 11.7 Å². The first-order valence-electron chi connectivity index (χ1n) is 3.49. The van der Waals surface area contributed by atoms with E-state index in [0.29, 0.717) is 11.2 Å². The molecule has 0 aromatic heterocycles. The first-order chi connectivity index (χ1) is 4.20. The fraction of sp³-hybridized carbons (Fsp3) is 1.00. The van der Waals surface area contributed by atoms with E-state index in [1.54, 1.807) is 0 Å². The van der Waals surface area contributed by atoms with Gasteiger partial charge in [-0.25, -0.2) is 0 Å². The SMILES string of the molecule is CCC(CC(C)C)[S+]=O. The number of hydrogen-bond acceptors (Lipinski definition) is 1. The Morgan fingerprint density at radius 2 is 2.00 bits per heavy atom. The Hall–Kier alpha value is 0.0200. The molecule has 1 nitrogen and oxygen atoms in total. The monoisotopic (exact) mass is 147 g/mol. The largest absolute Gasteiger partial charge is 0.462 e. The molecule has 0 rings (SSSR count). The Labute approximate surface area is 61.3 Å². The molecule has 1 atom stereocenters. The van der Waals surface area contributed by atoms with Gasteiger partial charge in [-0.1, -0.05) is 20.8 Å². The zero-order valence-corrected chi connectivity index (χ0v) is 7.20. The van der Waals surface area contributed by atoms with Crippen LogP contribution in [0.5, 0.6) is 0 Å². The van der Waals surface area contributed by atoms with Crippen LogP contribution in [0.3, 0.4) is 0 Å². The third-order valence-corrected chi connectivity index (χ3v) is 2.12. The van der Waals surface area contributed by atoms with Gasteiger partial charge < -0.3 is 0 Å². The topological polar surface area (TPSA) is 17.1 Å². The van der Waals surface area contributed by atoms with E-state index in [9.17, 15) is 4.21 Å². The fourth-order valence-electron chi connectivity index (χ4n) is 0.800. The highest BCUT2D eigenvalue weighted by Gasteiger charge is 2.19. The lowest BCUT2D eigenvalue weighted by Crippen LogP contribution is -2.07. The Kier molecular flexibility index (Phi) is 4.87. The summed E-state index contributed by atoms with van der Waals surface area (Å²) < 4.78 is 10.3. The highest BCUT2D eigenvalue weighted by atomic mass is 32.1. The van der Waals surface area contributed by atoms with Crippen LogP contribution in [0.25, 0.3) is 0 Å². The molecule has 2 heteroatoms. The summed E-state index contributed by atoms with van der Waals surface area (Å²) in [6.45, 7) is 6.37. The van der Waals surface area contributed by atoms with Crippen LogP contribution in [-0.2, 0) is 15.9 Å². The zero-order chi connectivity index (χ0) is 7.28. The zero-order valence-electron chi connectivity index (χ0n) is 6.39. The summed E-state index contributed by atoms with van der Waals surface area (Å²) in [7, 11) is 0. The van der Waals surface area contributed by atoms with Crippen LogP contribution in [0.1, 0.15) is 33.6 Å². The Balaban J connectivity index is 3.42. The Bertz CT molecular complexity index is 81.0. The van der Waals surface area contributed by atoms with E-state index in [1.807, 2.05) is 0 Å². The maximum Gasteiger partial charge on any atom is 0.462 e. The van der Waals surface area contributed by atoms with Gasteiger partial charge in [-0.2, -0.15) is 0 Å². The summed E-state index contributed by atoms with van der Waals surface area (Å²) in [5.74, 6) is 0.663. The molecule has 0 radical (unpaired) electrons. The quantitative estimate of drug-likeness (QED) is 0.557. The predicted octanol–water partition coefficient (Wildman–Crippen LogP) is 2.24. The molecule has 0 aromatic rings. The van der Waals surface area contributed by atoms with E-state index >= 15 is 0 Å². The van der Waals surface area contributed by atoms with Crippen molar-refractivity contribution in [2.24, 2.45) is 5.92 Å². The van der Waals surface area contributed by atoms with Gasteiger partial charge in [0.1, 0.15) is 0 Å². The smallest absolute Gasteiger partial charge is 0.0626 e. The highest BCUT2D eigenvalue weighted by molar-refractivity contribution is 7.66. The van der Waals surface area contributed by atoms with Crippen molar-refractivity contribution >= 4 is 11.7 Å². The van der Waals surface area contributed by atoms with Gasteiger partial charge in [-0.3, -0.25) is 0 Å². The molecule has 0 saturated carbocycles. The predicted molar refractivity (Wildman–Crippen MR) is 41.6 cm³/mol. The van der Waals surface area contributed by atoms with E-state index in [4.69, 9.17) is 0 Å². The Morgan fingerprint density at radius 1 is 1.44 bits per heavy atom. The first-order valence-corrected chi connectivity index (χ1v) is 4.29. The molecule has 0 N–H and O–H groups in total. The van der Waals surface area contributed by atoms with Gasteiger partial charge in [-0.15, -0.1) is 0 Å². The van der Waals surface area contributed by atoms with Crippen molar-refractivity contribution < 1.29 is 4.21 Å². The van der Waals surface area contributed by atoms with E-state index in [0.717, 1.165) is 24.5 Å². The van der Waals surface area contributed by atoms with E-state index < -0.39 is 0 Å². The van der Waals surface area contributed by atoms with Gasteiger partial charge in [0.25, 0.3) is 0 Å². The molecule has 0 aliphatic rings.